The van der Waals surface area contributed by atoms with Crippen molar-refractivity contribution in [1.82, 2.24) is 0 Å². The van der Waals surface area contributed by atoms with E-state index in [1.807, 2.05) is 5.70 Å². The fourth-order valence-electron chi connectivity index (χ4n) is 3.14. The number of rotatable bonds is 19. The van der Waals surface area contributed by atoms with Gasteiger partial charge in [0.15, 0.2) is 0 Å². The second kappa shape index (κ2) is 18.6. The number of allylic oxidation sites excluding steroid dienone is 1. The van der Waals surface area contributed by atoms with Crippen molar-refractivity contribution in [3.05, 3.63) is 11.8 Å². The van der Waals surface area contributed by atoms with Crippen LogP contribution in [0.5, 0.6) is 0 Å². The van der Waals surface area contributed by atoms with Gasteiger partial charge < -0.3 is 13.3 Å². The van der Waals surface area contributed by atoms with Gasteiger partial charge in [-0.1, -0.05) is 96.5 Å². The Hall–Kier alpha value is -0.163. The number of hydrogen-bond acceptors (Lipinski definition) is 3. The maximum atomic E-state index is 5.37. The number of unbranched alkanes of at least 4 members (excludes halogenated alkanes) is 14. The molecule has 0 spiro atoms. The summed E-state index contributed by atoms with van der Waals surface area (Å²) >= 11 is 0. The molecule has 150 valence electrons. The molecule has 3 nitrogen and oxygen atoms in total. The highest BCUT2D eigenvalue weighted by atomic mass is 28.4. The fraction of sp³-hybridized carbons (Fsp3) is 0.905. The third-order valence-corrected chi connectivity index (χ3v) is 7.25. The third kappa shape index (κ3) is 14.7. The van der Waals surface area contributed by atoms with Crippen LogP contribution in [0.25, 0.3) is 0 Å². The maximum Gasteiger partial charge on any atom is 0.528 e. The van der Waals surface area contributed by atoms with Crippen LogP contribution in [-0.4, -0.2) is 30.1 Å². The fourth-order valence-corrected chi connectivity index (χ4v) is 4.50. The van der Waals surface area contributed by atoms with Gasteiger partial charge in [0.1, 0.15) is 0 Å². The molecule has 0 atom stereocenters. The van der Waals surface area contributed by atoms with Crippen LogP contribution in [0, 0.1) is 0 Å². The Morgan fingerprint density at radius 1 is 0.560 bits per heavy atom. The first kappa shape index (κ1) is 24.8. The van der Waals surface area contributed by atoms with Gasteiger partial charge in [-0.3, -0.25) is 0 Å². The molecule has 0 N–H and O–H groups in total. The highest BCUT2D eigenvalue weighted by molar-refractivity contribution is 6.66. The molecule has 4 heteroatoms. The van der Waals surface area contributed by atoms with Crippen molar-refractivity contribution < 1.29 is 13.3 Å². The topological polar surface area (TPSA) is 27.7 Å². The summed E-state index contributed by atoms with van der Waals surface area (Å²) in [7, 11) is 2.44. The molecule has 0 fully saturated rings. The lowest BCUT2D eigenvalue weighted by Gasteiger charge is -2.20. The highest BCUT2D eigenvalue weighted by Gasteiger charge is 2.33. The monoisotopic (exact) mass is 372 g/mol. The van der Waals surface area contributed by atoms with Crippen LogP contribution in [0.2, 0.25) is 0 Å². The first-order valence-corrected chi connectivity index (χ1v) is 12.4. The van der Waals surface area contributed by atoms with Crippen LogP contribution in [-0.2, 0) is 13.3 Å². The van der Waals surface area contributed by atoms with Crippen LogP contribution in [0.15, 0.2) is 11.8 Å². The lowest BCUT2D eigenvalue weighted by atomic mass is 10.0. The van der Waals surface area contributed by atoms with E-state index in [1.165, 1.54) is 89.9 Å². The van der Waals surface area contributed by atoms with Gasteiger partial charge in [-0.15, -0.1) is 0 Å². The second-order valence-corrected chi connectivity index (χ2v) is 9.77. The molecule has 0 amide bonds. The average Bonchev–Trinajstić information content (AvgIpc) is 2.65. The van der Waals surface area contributed by atoms with Crippen molar-refractivity contribution in [3.8, 4) is 0 Å². The highest BCUT2D eigenvalue weighted by Crippen LogP contribution is 2.14. The van der Waals surface area contributed by atoms with E-state index in [0.717, 1.165) is 6.42 Å². The summed E-state index contributed by atoms with van der Waals surface area (Å²) < 4.78 is 16.1. The van der Waals surface area contributed by atoms with Gasteiger partial charge >= 0.3 is 8.80 Å². The van der Waals surface area contributed by atoms with Gasteiger partial charge in [-0.2, -0.15) is 0 Å². The van der Waals surface area contributed by atoms with E-state index < -0.39 is 8.80 Å². The van der Waals surface area contributed by atoms with Gasteiger partial charge in [0, 0.05) is 21.3 Å². The molecule has 0 aliphatic heterocycles. The van der Waals surface area contributed by atoms with Crippen molar-refractivity contribution in [2.45, 2.75) is 103 Å². The molecule has 0 aliphatic rings. The SMILES string of the molecule is CCCCCCCCCCCCCCCCC=C[Si](OC)(OC)OC. The molecule has 0 heterocycles. The summed E-state index contributed by atoms with van der Waals surface area (Å²) in [5, 5.41) is 0. The Kier molecular flexibility index (Phi) is 18.5. The largest absolute Gasteiger partial charge is 0.528 e. The smallest absolute Gasteiger partial charge is 0.374 e. The van der Waals surface area contributed by atoms with Crippen LogP contribution >= 0.6 is 0 Å². The van der Waals surface area contributed by atoms with Crippen molar-refractivity contribution in [2.75, 3.05) is 21.3 Å². The molecule has 0 bridgehead atoms. The molecule has 0 aromatic heterocycles. The lowest BCUT2D eigenvalue weighted by Crippen LogP contribution is -2.40. The molecule has 0 aromatic carbocycles. The Labute approximate surface area is 158 Å². The minimum atomic E-state index is -2.51. The molecule has 0 aliphatic carbocycles. The zero-order valence-corrected chi connectivity index (χ0v) is 18.5. The van der Waals surface area contributed by atoms with Crippen molar-refractivity contribution in [2.24, 2.45) is 0 Å². The molecule has 0 unspecified atom stereocenters. The van der Waals surface area contributed by atoms with E-state index in [2.05, 4.69) is 13.0 Å². The van der Waals surface area contributed by atoms with Gasteiger partial charge in [0.25, 0.3) is 0 Å². The summed E-state index contributed by atoms with van der Waals surface area (Å²) in [6, 6.07) is 0. The lowest BCUT2D eigenvalue weighted by molar-refractivity contribution is 0.138. The molecule has 0 radical (unpaired) electrons. The Balaban J connectivity index is 3.31. The normalized spacial score (nSPS) is 12.3. The summed E-state index contributed by atoms with van der Waals surface area (Å²) in [5.74, 6) is 0. The van der Waals surface area contributed by atoms with E-state index in [9.17, 15) is 0 Å². The standard InChI is InChI=1S/C21H44O3Si/c1-5-6-7-8-9-10-11-12-13-14-15-16-17-18-19-20-21-25(22-2,23-3)24-4/h20-21H,5-19H2,1-4H3. The van der Waals surface area contributed by atoms with E-state index in [0.29, 0.717) is 0 Å². The minimum Gasteiger partial charge on any atom is -0.374 e. The first-order chi connectivity index (χ1) is 12.2. The Morgan fingerprint density at radius 3 is 1.28 bits per heavy atom. The van der Waals surface area contributed by atoms with Crippen molar-refractivity contribution in [3.63, 3.8) is 0 Å². The van der Waals surface area contributed by atoms with E-state index in [1.54, 1.807) is 21.3 Å². The number of hydrogen-bond donors (Lipinski definition) is 0. The van der Waals surface area contributed by atoms with Crippen molar-refractivity contribution in [1.29, 1.82) is 0 Å². The van der Waals surface area contributed by atoms with E-state index >= 15 is 0 Å². The van der Waals surface area contributed by atoms with E-state index in [-0.39, 0.29) is 0 Å². The molecular weight excluding hydrogens is 328 g/mol. The third-order valence-electron chi connectivity index (χ3n) is 4.90. The maximum absolute atomic E-state index is 5.37. The first-order valence-electron chi connectivity index (χ1n) is 10.6. The molecule has 0 saturated carbocycles. The zero-order valence-electron chi connectivity index (χ0n) is 17.5. The molecular formula is C21H44O3Si. The Morgan fingerprint density at radius 2 is 0.920 bits per heavy atom. The minimum absolute atomic E-state index is 1.09. The molecule has 0 aromatic rings. The summed E-state index contributed by atoms with van der Waals surface area (Å²) in [5.41, 5.74) is 2.00. The van der Waals surface area contributed by atoms with E-state index in [4.69, 9.17) is 13.3 Å². The average molecular weight is 373 g/mol. The second-order valence-electron chi connectivity index (χ2n) is 7.00. The molecule has 0 rings (SSSR count). The quantitative estimate of drug-likeness (QED) is 0.184. The summed E-state index contributed by atoms with van der Waals surface area (Å²) in [4.78, 5) is 0. The van der Waals surface area contributed by atoms with Crippen LogP contribution in [0.1, 0.15) is 103 Å². The predicted octanol–water partition coefficient (Wildman–Crippen LogP) is 6.83. The van der Waals surface area contributed by atoms with Gasteiger partial charge in [0.2, 0.25) is 0 Å². The zero-order chi connectivity index (χ0) is 18.6. The Bertz CT molecular complexity index is 283. The van der Waals surface area contributed by atoms with Gasteiger partial charge in [0.05, 0.1) is 0 Å². The summed E-state index contributed by atoms with van der Waals surface area (Å²) in [6.45, 7) is 2.28. The van der Waals surface area contributed by atoms with Crippen LogP contribution in [0.4, 0.5) is 0 Å². The summed E-state index contributed by atoms with van der Waals surface area (Å²) in [6.07, 6.45) is 22.9. The molecule has 0 saturated heterocycles. The van der Waals surface area contributed by atoms with Crippen LogP contribution < -0.4 is 0 Å². The van der Waals surface area contributed by atoms with Gasteiger partial charge in [-0.25, -0.2) is 0 Å². The predicted molar refractivity (Wildman–Crippen MR) is 111 cm³/mol. The van der Waals surface area contributed by atoms with Gasteiger partial charge in [-0.05, 0) is 18.5 Å². The van der Waals surface area contributed by atoms with Crippen LogP contribution in [0.3, 0.4) is 0 Å². The molecule has 25 heavy (non-hydrogen) atoms. The van der Waals surface area contributed by atoms with Crippen molar-refractivity contribution >= 4 is 8.80 Å².